The summed E-state index contributed by atoms with van der Waals surface area (Å²) in [5, 5.41) is 0. The van der Waals surface area contributed by atoms with Crippen molar-refractivity contribution in [1.29, 1.82) is 0 Å². The van der Waals surface area contributed by atoms with Gasteiger partial charge in [0, 0.05) is 35.7 Å². The normalized spacial score (nSPS) is 11.5. The number of methoxy groups -OCH3 is 1. The number of nitrogens with zero attached hydrogens (tertiary/aromatic N) is 1. The lowest BCUT2D eigenvalue weighted by atomic mass is 9.76. The largest absolute Gasteiger partial charge is 0.496 e. The Morgan fingerprint density at radius 2 is 1.95 bits per heavy atom. The van der Waals surface area contributed by atoms with Crippen molar-refractivity contribution in [3.05, 3.63) is 23.0 Å². The highest BCUT2D eigenvalue weighted by Gasteiger charge is 2.33. The van der Waals surface area contributed by atoms with E-state index in [1.165, 1.54) is 0 Å². The SMILES string of the molecule is CCC(CC)(CN)C(=O)Cc1ncc(C)c(OC)c1C. The second-order valence-corrected chi connectivity index (χ2v) is 5.34. The minimum atomic E-state index is -0.424. The van der Waals surface area contributed by atoms with E-state index in [1.807, 2.05) is 27.7 Å². The van der Waals surface area contributed by atoms with Gasteiger partial charge in [-0.2, -0.15) is 0 Å². The quantitative estimate of drug-likeness (QED) is 0.832. The van der Waals surface area contributed by atoms with E-state index in [2.05, 4.69) is 4.98 Å². The second kappa shape index (κ2) is 6.84. The number of nitrogens with two attached hydrogens (primary N) is 1. The number of rotatable bonds is 7. The summed E-state index contributed by atoms with van der Waals surface area (Å²) in [5.74, 6) is 0.987. The Bertz CT molecular complexity index is 471. The van der Waals surface area contributed by atoms with Crippen LogP contribution < -0.4 is 10.5 Å². The third-order valence-electron chi connectivity index (χ3n) is 4.41. The molecule has 0 fully saturated rings. The molecule has 4 nitrogen and oxygen atoms in total. The molecule has 4 heteroatoms. The van der Waals surface area contributed by atoms with Gasteiger partial charge in [0.1, 0.15) is 11.5 Å². The molecule has 1 aromatic rings. The molecule has 0 bridgehead atoms. The monoisotopic (exact) mass is 278 g/mol. The molecule has 0 aliphatic carbocycles. The van der Waals surface area contributed by atoms with Crippen LogP contribution in [-0.2, 0) is 11.2 Å². The molecule has 112 valence electrons. The topological polar surface area (TPSA) is 65.2 Å². The zero-order valence-electron chi connectivity index (χ0n) is 13.2. The van der Waals surface area contributed by atoms with Gasteiger partial charge in [0.25, 0.3) is 0 Å². The van der Waals surface area contributed by atoms with E-state index in [-0.39, 0.29) is 5.78 Å². The molecule has 0 aliphatic rings. The van der Waals surface area contributed by atoms with Gasteiger partial charge in [-0.3, -0.25) is 9.78 Å². The van der Waals surface area contributed by atoms with E-state index in [1.54, 1.807) is 13.3 Å². The summed E-state index contributed by atoms with van der Waals surface area (Å²) in [6.45, 7) is 8.32. The van der Waals surface area contributed by atoms with Gasteiger partial charge in [-0.15, -0.1) is 0 Å². The van der Waals surface area contributed by atoms with Crippen LogP contribution in [0.3, 0.4) is 0 Å². The van der Waals surface area contributed by atoms with Crippen molar-refractivity contribution >= 4 is 5.78 Å². The lowest BCUT2D eigenvalue weighted by molar-refractivity contribution is -0.128. The number of hydrogen-bond donors (Lipinski definition) is 1. The summed E-state index contributed by atoms with van der Waals surface area (Å²) in [4.78, 5) is 17.0. The van der Waals surface area contributed by atoms with Crippen LogP contribution >= 0.6 is 0 Å². The van der Waals surface area contributed by atoms with E-state index in [0.29, 0.717) is 13.0 Å². The van der Waals surface area contributed by atoms with Crippen LogP contribution in [0, 0.1) is 19.3 Å². The molecule has 0 unspecified atom stereocenters. The predicted octanol–water partition coefficient (Wildman–Crippen LogP) is 2.58. The average Bonchev–Trinajstić information content (AvgIpc) is 2.45. The first-order valence-corrected chi connectivity index (χ1v) is 7.18. The highest BCUT2D eigenvalue weighted by atomic mass is 16.5. The highest BCUT2D eigenvalue weighted by Crippen LogP contribution is 2.30. The predicted molar refractivity (Wildman–Crippen MR) is 81.0 cm³/mol. The fraction of sp³-hybridized carbons (Fsp3) is 0.625. The molecule has 0 aliphatic heterocycles. The first-order chi connectivity index (χ1) is 9.45. The molecule has 2 N–H and O–H groups in total. The zero-order valence-corrected chi connectivity index (χ0v) is 13.2. The average molecular weight is 278 g/mol. The first kappa shape index (κ1) is 16.6. The van der Waals surface area contributed by atoms with Crippen LogP contribution in [0.4, 0.5) is 0 Å². The van der Waals surface area contributed by atoms with Crippen LogP contribution in [0.25, 0.3) is 0 Å². The molecule has 0 saturated carbocycles. The van der Waals surface area contributed by atoms with E-state index in [4.69, 9.17) is 10.5 Å². The minimum Gasteiger partial charge on any atom is -0.496 e. The Balaban J connectivity index is 3.08. The molecule has 1 heterocycles. The zero-order chi connectivity index (χ0) is 15.3. The van der Waals surface area contributed by atoms with E-state index in [9.17, 15) is 4.79 Å². The van der Waals surface area contributed by atoms with Crippen molar-refractivity contribution in [2.45, 2.75) is 47.0 Å². The van der Waals surface area contributed by atoms with Crippen LogP contribution in [0.15, 0.2) is 6.20 Å². The van der Waals surface area contributed by atoms with Gasteiger partial charge in [-0.05, 0) is 26.7 Å². The molecule has 0 atom stereocenters. The molecule has 1 rings (SSSR count). The van der Waals surface area contributed by atoms with Gasteiger partial charge in [0.15, 0.2) is 0 Å². The van der Waals surface area contributed by atoms with E-state index >= 15 is 0 Å². The number of pyridine rings is 1. The van der Waals surface area contributed by atoms with Gasteiger partial charge >= 0.3 is 0 Å². The summed E-state index contributed by atoms with van der Waals surface area (Å²) < 4.78 is 5.39. The van der Waals surface area contributed by atoms with Gasteiger partial charge in [0.05, 0.1) is 12.8 Å². The van der Waals surface area contributed by atoms with Crippen molar-refractivity contribution in [3.8, 4) is 5.75 Å². The third kappa shape index (κ3) is 3.01. The number of ether oxygens (including phenoxy) is 1. The molecule has 0 amide bonds. The molecule has 0 radical (unpaired) electrons. The summed E-state index contributed by atoms with van der Waals surface area (Å²) in [6.07, 6.45) is 3.61. The van der Waals surface area contributed by atoms with E-state index < -0.39 is 5.41 Å². The molecule has 20 heavy (non-hydrogen) atoms. The summed E-state index contributed by atoms with van der Waals surface area (Å²) in [6, 6.07) is 0. The fourth-order valence-corrected chi connectivity index (χ4v) is 2.64. The number of hydrogen-bond acceptors (Lipinski definition) is 4. The Labute approximate surface area is 121 Å². The molecule has 0 spiro atoms. The fourth-order valence-electron chi connectivity index (χ4n) is 2.64. The summed E-state index contributed by atoms with van der Waals surface area (Å²) in [5.41, 5.74) is 8.13. The van der Waals surface area contributed by atoms with Crippen molar-refractivity contribution in [1.82, 2.24) is 4.98 Å². The lowest BCUT2D eigenvalue weighted by Gasteiger charge is -2.28. The summed E-state index contributed by atoms with van der Waals surface area (Å²) in [7, 11) is 1.64. The number of Topliss-reactive ketones (excluding diaryl/α,β-unsaturated/α-hetero) is 1. The first-order valence-electron chi connectivity index (χ1n) is 7.18. The number of carbonyl (C=O) groups excluding carboxylic acids is 1. The molecule has 0 aromatic carbocycles. The van der Waals surface area contributed by atoms with Crippen molar-refractivity contribution in [2.75, 3.05) is 13.7 Å². The van der Waals surface area contributed by atoms with Crippen molar-refractivity contribution in [2.24, 2.45) is 11.1 Å². The highest BCUT2D eigenvalue weighted by molar-refractivity contribution is 5.87. The van der Waals surface area contributed by atoms with Crippen LogP contribution in [-0.4, -0.2) is 24.4 Å². The minimum absolute atomic E-state index is 0.173. The molecular formula is C16H26N2O2. The maximum absolute atomic E-state index is 12.6. The Morgan fingerprint density at radius 3 is 2.40 bits per heavy atom. The van der Waals surface area contributed by atoms with E-state index in [0.717, 1.165) is 35.4 Å². The maximum Gasteiger partial charge on any atom is 0.146 e. The standard InChI is InChI=1S/C16H26N2O2/c1-6-16(7-2,10-17)14(19)8-13-12(4)15(20-5)11(3)9-18-13/h9H,6-8,10,17H2,1-5H3. The Kier molecular flexibility index (Phi) is 5.69. The smallest absolute Gasteiger partial charge is 0.146 e. The van der Waals surface area contributed by atoms with Gasteiger partial charge in [-0.1, -0.05) is 13.8 Å². The Hall–Kier alpha value is -1.42. The third-order valence-corrected chi connectivity index (χ3v) is 4.41. The lowest BCUT2D eigenvalue weighted by Crippen LogP contribution is -2.38. The molecular weight excluding hydrogens is 252 g/mol. The van der Waals surface area contributed by atoms with Crippen molar-refractivity contribution in [3.63, 3.8) is 0 Å². The number of carbonyl (C=O) groups is 1. The second-order valence-electron chi connectivity index (χ2n) is 5.34. The summed E-state index contributed by atoms with van der Waals surface area (Å²) >= 11 is 0. The van der Waals surface area contributed by atoms with Crippen LogP contribution in [0.2, 0.25) is 0 Å². The molecule has 1 aromatic heterocycles. The van der Waals surface area contributed by atoms with Gasteiger partial charge in [-0.25, -0.2) is 0 Å². The Morgan fingerprint density at radius 1 is 1.35 bits per heavy atom. The van der Waals surface area contributed by atoms with Crippen LogP contribution in [0.1, 0.15) is 43.5 Å². The number of ketones is 1. The van der Waals surface area contributed by atoms with Gasteiger partial charge < -0.3 is 10.5 Å². The maximum atomic E-state index is 12.6. The number of aromatic nitrogens is 1. The van der Waals surface area contributed by atoms with Crippen molar-refractivity contribution < 1.29 is 9.53 Å². The molecule has 0 saturated heterocycles. The van der Waals surface area contributed by atoms with Crippen LogP contribution in [0.5, 0.6) is 5.75 Å². The van der Waals surface area contributed by atoms with Gasteiger partial charge in [0.2, 0.25) is 0 Å². The number of aryl methyl sites for hydroxylation is 1.